The van der Waals surface area contributed by atoms with Gasteiger partial charge in [-0.2, -0.15) is 0 Å². The minimum absolute atomic E-state index is 0.141. The first kappa shape index (κ1) is 18.1. The maximum atomic E-state index is 12.5. The van der Waals surface area contributed by atoms with Crippen molar-refractivity contribution < 1.29 is 9.53 Å². The number of carbonyl (C=O) groups excluding carboxylic acids is 1. The van der Waals surface area contributed by atoms with E-state index < -0.39 is 6.10 Å². The van der Waals surface area contributed by atoms with Gasteiger partial charge in [0.15, 0.2) is 6.10 Å². The molecule has 0 heterocycles. The van der Waals surface area contributed by atoms with E-state index in [2.05, 4.69) is 37.4 Å². The van der Waals surface area contributed by atoms with Crippen LogP contribution in [0.2, 0.25) is 0 Å². The molecule has 0 aromatic heterocycles. The minimum atomic E-state index is -0.565. The number of anilines is 1. The summed E-state index contributed by atoms with van der Waals surface area (Å²) < 4.78 is 5.97. The number of hydrogen-bond donors (Lipinski definition) is 1. The molecule has 1 unspecified atom stereocenters. The highest BCUT2D eigenvalue weighted by Gasteiger charge is 2.18. The molecule has 0 bridgehead atoms. The van der Waals surface area contributed by atoms with Crippen molar-refractivity contribution in [2.75, 3.05) is 5.32 Å². The molecule has 2 aromatic rings. The van der Waals surface area contributed by atoms with E-state index in [0.717, 1.165) is 28.1 Å². The number of benzene rings is 2. The zero-order valence-corrected chi connectivity index (χ0v) is 15.4. The van der Waals surface area contributed by atoms with E-state index in [1.54, 1.807) is 6.92 Å². The Hall–Kier alpha value is -2.29. The van der Waals surface area contributed by atoms with E-state index in [-0.39, 0.29) is 5.91 Å². The topological polar surface area (TPSA) is 38.3 Å². The van der Waals surface area contributed by atoms with Crippen LogP contribution >= 0.6 is 0 Å². The van der Waals surface area contributed by atoms with E-state index in [4.69, 9.17) is 4.74 Å². The first-order valence-corrected chi connectivity index (χ1v) is 8.43. The lowest BCUT2D eigenvalue weighted by atomic mass is 10.0. The third kappa shape index (κ3) is 4.38. The summed E-state index contributed by atoms with van der Waals surface area (Å²) in [5.41, 5.74) is 5.29. The van der Waals surface area contributed by atoms with Gasteiger partial charge in [-0.15, -0.1) is 0 Å². The number of ether oxygens (including phenoxy) is 1. The van der Waals surface area contributed by atoms with Gasteiger partial charge in [0.05, 0.1) is 0 Å². The Kier molecular flexibility index (Phi) is 5.66. The minimum Gasteiger partial charge on any atom is -0.481 e. The van der Waals surface area contributed by atoms with Crippen molar-refractivity contribution in [2.24, 2.45) is 0 Å². The lowest BCUT2D eigenvalue weighted by Gasteiger charge is -2.20. The van der Waals surface area contributed by atoms with Gasteiger partial charge >= 0.3 is 0 Å². The molecule has 2 rings (SSSR count). The van der Waals surface area contributed by atoms with Gasteiger partial charge in [-0.05, 0) is 62.4 Å². The molecule has 0 spiro atoms. The van der Waals surface area contributed by atoms with E-state index in [1.165, 1.54) is 5.56 Å². The summed E-state index contributed by atoms with van der Waals surface area (Å²) in [6, 6.07) is 12.1. The Bertz CT molecular complexity index is 735. The molecular formula is C21H27NO2. The summed E-state index contributed by atoms with van der Waals surface area (Å²) in [7, 11) is 0. The average Bonchev–Trinajstić information content (AvgIpc) is 2.49. The van der Waals surface area contributed by atoms with Crippen LogP contribution in [0, 0.1) is 20.8 Å². The van der Waals surface area contributed by atoms with Crippen molar-refractivity contribution in [1.29, 1.82) is 0 Å². The average molecular weight is 325 g/mol. The van der Waals surface area contributed by atoms with Crippen LogP contribution < -0.4 is 10.1 Å². The fourth-order valence-electron chi connectivity index (χ4n) is 2.65. The Morgan fingerprint density at radius 3 is 2.21 bits per heavy atom. The number of nitrogens with one attached hydrogen (secondary N) is 1. The van der Waals surface area contributed by atoms with E-state index in [1.807, 2.05) is 39.0 Å². The SMILES string of the molecule is Cc1ccc(NC(=O)C(C)Oc2cc(C)ccc2C(C)C)c(C)c1. The molecule has 1 N–H and O–H groups in total. The van der Waals surface area contributed by atoms with E-state index in [0.29, 0.717) is 5.92 Å². The number of hydrogen-bond acceptors (Lipinski definition) is 2. The standard InChI is InChI=1S/C21H27NO2/c1-13(2)18-9-7-15(4)12-20(18)24-17(6)21(23)22-19-10-8-14(3)11-16(19)5/h7-13,17H,1-6H3,(H,22,23). The summed E-state index contributed by atoms with van der Waals surface area (Å²) in [5, 5.41) is 2.96. The van der Waals surface area contributed by atoms with Crippen molar-refractivity contribution in [3.63, 3.8) is 0 Å². The molecule has 24 heavy (non-hydrogen) atoms. The van der Waals surface area contributed by atoms with Crippen LogP contribution in [-0.2, 0) is 4.79 Å². The van der Waals surface area contributed by atoms with Crippen molar-refractivity contribution in [3.05, 3.63) is 58.7 Å². The van der Waals surface area contributed by atoms with Crippen LogP contribution in [0.25, 0.3) is 0 Å². The Labute approximate surface area is 145 Å². The number of carbonyl (C=O) groups is 1. The van der Waals surface area contributed by atoms with Gasteiger partial charge in [-0.3, -0.25) is 4.79 Å². The zero-order valence-electron chi connectivity index (χ0n) is 15.4. The third-order valence-corrected chi connectivity index (χ3v) is 4.10. The molecule has 128 valence electrons. The fourth-order valence-corrected chi connectivity index (χ4v) is 2.65. The van der Waals surface area contributed by atoms with Crippen LogP contribution in [0.4, 0.5) is 5.69 Å². The first-order chi connectivity index (χ1) is 11.3. The molecule has 1 amide bonds. The molecule has 3 heteroatoms. The summed E-state index contributed by atoms with van der Waals surface area (Å²) >= 11 is 0. The van der Waals surface area contributed by atoms with Gasteiger partial charge in [0.1, 0.15) is 5.75 Å². The van der Waals surface area contributed by atoms with Gasteiger partial charge in [0.25, 0.3) is 5.91 Å². The Morgan fingerprint density at radius 1 is 0.958 bits per heavy atom. The maximum Gasteiger partial charge on any atom is 0.265 e. The molecule has 2 aromatic carbocycles. The van der Waals surface area contributed by atoms with Gasteiger partial charge in [0.2, 0.25) is 0 Å². The highest BCUT2D eigenvalue weighted by atomic mass is 16.5. The van der Waals surface area contributed by atoms with Crippen molar-refractivity contribution >= 4 is 11.6 Å². The van der Waals surface area contributed by atoms with Crippen LogP contribution in [-0.4, -0.2) is 12.0 Å². The van der Waals surface area contributed by atoms with Gasteiger partial charge < -0.3 is 10.1 Å². The van der Waals surface area contributed by atoms with Gasteiger partial charge in [-0.1, -0.05) is 43.7 Å². The largest absolute Gasteiger partial charge is 0.481 e. The first-order valence-electron chi connectivity index (χ1n) is 8.43. The zero-order chi connectivity index (χ0) is 17.9. The predicted molar refractivity (Wildman–Crippen MR) is 99.9 cm³/mol. The summed E-state index contributed by atoms with van der Waals surface area (Å²) in [5.74, 6) is 0.988. The molecular weight excluding hydrogens is 298 g/mol. The van der Waals surface area contributed by atoms with E-state index in [9.17, 15) is 4.79 Å². The Balaban J connectivity index is 2.13. The Morgan fingerprint density at radius 2 is 1.58 bits per heavy atom. The van der Waals surface area contributed by atoms with Gasteiger partial charge in [0, 0.05) is 5.69 Å². The normalized spacial score (nSPS) is 12.1. The van der Waals surface area contributed by atoms with E-state index >= 15 is 0 Å². The quantitative estimate of drug-likeness (QED) is 0.826. The smallest absolute Gasteiger partial charge is 0.265 e. The van der Waals surface area contributed by atoms with Crippen molar-refractivity contribution in [1.82, 2.24) is 0 Å². The molecule has 0 aliphatic heterocycles. The molecule has 1 atom stereocenters. The summed E-state index contributed by atoms with van der Waals surface area (Å²) in [6.07, 6.45) is -0.565. The highest BCUT2D eigenvalue weighted by molar-refractivity contribution is 5.94. The summed E-state index contributed by atoms with van der Waals surface area (Å²) in [4.78, 5) is 12.5. The van der Waals surface area contributed by atoms with Crippen LogP contribution in [0.3, 0.4) is 0 Å². The molecule has 0 radical (unpaired) electrons. The molecule has 3 nitrogen and oxygen atoms in total. The van der Waals surface area contributed by atoms with Crippen molar-refractivity contribution in [3.8, 4) is 5.75 Å². The highest BCUT2D eigenvalue weighted by Crippen LogP contribution is 2.28. The lowest BCUT2D eigenvalue weighted by molar-refractivity contribution is -0.122. The fraction of sp³-hybridized carbons (Fsp3) is 0.381. The predicted octanol–water partition coefficient (Wildman–Crippen LogP) is 5.14. The monoisotopic (exact) mass is 325 g/mol. The molecule has 0 saturated heterocycles. The number of rotatable bonds is 5. The number of amides is 1. The maximum absolute atomic E-state index is 12.5. The second kappa shape index (κ2) is 7.52. The molecule has 0 fully saturated rings. The number of aryl methyl sites for hydroxylation is 3. The van der Waals surface area contributed by atoms with Crippen LogP contribution in [0.5, 0.6) is 5.75 Å². The summed E-state index contributed by atoms with van der Waals surface area (Å²) in [6.45, 7) is 12.1. The third-order valence-electron chi connectivity index (χ3n) is 4.10. The second-order valence-electron chi connectivity index (χ2n) is 6.76. The lowest BCUT2D eigenvalue weighted by Crippen LogP contribution is -2.30. The van der Waals surface area contributed by atoms with Crippen molar-refractivity contribution in [2.45, 2.75) is 53.6 Å². The molecule has 0 aliphatic rings. The van der Waals surface area contributed by atoms with Gasteiger partial charge in [-0.25, -0.2) is 0 Å². The van der Waals surface area contributed by atoms with Crippen LogP contribution in [0.15, 0.2) is 36.4 Å². The van der Waals surface area contributed by atoms with Crippen LogP contribution in [0.1, 0.15) is 48.9 Å². The molecule has 0 saturated carbocycles. The second-order valence-corrected chi connectivity index (χ2v) is 6.76. The molecule has 0 aliphatic carbocycles.